The molecule has 2 nitrogen and oxygen atoms in total. The lowest BCUT2D eigenvalue weighted by molar-refractivity contribution is -0.0456. The van der Waals surface area contributed by atoms with Gasteiger partial charge in [-0.3, -0.25) is 0 Å². The van der Waals surface area contributed by atoms with Gasteiger partial charge in [-0.05, 0) is 50.9 Å². The molecule has 18 heavy (non-hydrogen) atoms. The Labute approximate surface area is 112 Å². The summed E-state index contributed by atoms with van der Waals surface area (Å²) in [5.74, 6) is 0.731. The molecule has 3 atom stereocenters. The van der Waals surface area contributed by atoms with Crippen molar-refractivity contribution in [1.82, 2.24) is 0 Å². The summed E-state index contributed by atoms with van der Waals surface area (Å²) in [6, 6.07) is 0.441. The lowest BCUT2D eigenvalue weighted by Crippen LogP contribution is -2.32. The average molecular weight is 251 g/mol. The van der Waals surface area contributed by atoms with Crippen LogP contribution in [0.25, 0.3) is 0 Å². The zero-order valence-corrected chi connectivity index (χ0v) is 11.7. The molecule has 2 N–H and O–H groups in total. The monoisotopic (exact) mass is 251 g/mol. The van der Waals surface area contributed by atoms with E-state index in [1.807, 2.05) is 0 Å². The molecule has 1 spiro atoms. The van der Waals surface area contributed by atoms with E-state index in [1.165, 1.54) is 77.0 Å². The van der Waals surface area contributed by atoms with Gasteiger partial charge < -0.3 is 10.5 Å². The number of hydrogen-bond donors (Lipinski definition) is 1. The van der Waals surface area contributed by atoms with Crippen molar-refractivity contribution < 1.29 is 4.74 Å². The van der Waals surface area contributed by atoms with Gasteiger partial charge >= 0.3 is 0 Å². The summed E-state index contributed by atoms with van der Waals surface area (Å²) in [5, 5.41) is 0. The van der Waals surface area contributed by atoms with Crippen molar-refractivity contribution in [2.75, 3.05) is 0 Å². The maximum Gasteiger partial charge on any atom is 0.0687 e. The van der Waals surface area contributed by atoms with Crippen LogP contribution in [0.2, 0.25) is 0 Å². The molecule has 0 aromatic heterocycles. The summed E-state index contributed by atoms with van der Waals surface area (Å²) in [6.07, 6.45) is 16.5. The summed E-state index contributed by atoms with van der Waals surface area (Å²) in [7, 11) is 0. The molecule has 2 heteroatoms. The van der Waals surface area contributed by atoms with E-state index >= 15 is 0 Å². The Balaban J connectivity index is 1.53. The molecule has 0 amide bonds. The Kier molecular flexibility index (Phi) is 3.95. The first-order valence-corrected chi connectivity index (χ1v) is 8.21. The first-order chi connectivity index (χ1) is 8.77. The number of nitrogens with two attached hydrogens (primary N) is 1. The first kappa shape index (κ1) is 12.9. The van der Waals surface area contributed by atoms with E-state index in [0.29, 0.717) is 17.7 Å². The highest BCUT2D eigenvalue weighted by molar-refractivity contribution is 4.94. The van der Waals surface area contributed by atoms with Crippen molar-refractivity contribution in [1.29, 1.82) is 0 Å². The van der Waals surface area contributed by atoms with Crippen LogP contribution in [-0.4, -0.2) is 17.7 Å². The molecule has 3 rings (SSSR count). The zero-order chi connectivity index (χ0) is 12.4. The van der Waals surface area contributed by atoms with Crippen LogP contribution in [0.4, 0.5) is 0 Å². The molecule has 0 aromatic carbocycles. The average Bonchev–Trinajstić information content (AvgIpc) is 2.93. The second-order valence-electron chi connectivity index (χ2n) is 6.97. The highest BCUT2D eigenvalue weighted by atomic mass is 16.5. The molecule has 3 aliphatic rings. The van der Waals surface area contributed by atoms with Gasteiger partial charge in [0, 0.05) is 6.04 Å². The summed E-state index contributed by atoms with van der Waals surface area (Å²) >= 11 is 0. The number of rotatable bonds is 2. The fourth-order valence-corrected chi connectivity index (χ4v) is 4.49. The van der Waals surface area contributed by atoms with Gasteiger partial charge in [0.1, 0.15) is 0 Å². The molecule has 1 aliphatic heterocycles. The molecule has 0 bridgehead atoms. The lowest BCUT2D eigenvalue weighted by atomic mass is 9.89. The van der Waals surface area contributed by atoms with Crippen LogP contribution in [0.1, 0.15) is 77.0 Å². The van der Waals surface area contributed by atoms with Crippen LogP contribution in [0.15, 0.2) is 0 Å². The van der Waals surface area contributed by atoms with Crippen LogP contribution >= 0.6 is 0 Å². The van der Waals surface area contributed by atoms with E-state index in [4.69, 9.17) is 10.5 Å². The molecule has 3 unspecified atom stereocenters. The molecule has 0 radical (unpaired) electrons. The van der Waals surface area contributed by atoms with Gasteiger partial charge in [-0.2, -0.15) is 0 Å². The van der Waals surface area contributed by atoms with Gasteiger partial charge in [0.2, 0.25) is 0 Å². The van der Waals surface area contributed by atoms with E-state index in [-0.39, 0.29) is 0 Å². The normalized spacial score (nSPS) is 40.2. The smallest absolute Gasteiger partial charge is 0.0687 e. The minimum absolute atomic E-state index is 0.305. The second-order valence-corrected chi connectivity index (χ2v) is 6.97. The van der Waals surface area contributed by atoms with Crippen LogP contribution in [0, 0.1) is 5.92 Å². The molecular formula is C16H29NO. The summed E-state index contributed by atoms with van der Waals surface area (Å²) in [5.41, 5.74) is 6.65. The van der Waals surface area contributed by atoms with Crippen molar-refractivity contribution in [2.45, 2.75) is 94.8 Å². The van der Waals surface area contributed by atoms with Gasteiger partial charge in [-0.25, -0.2) is 0 Å². The highest BCUT2D eigenvalue weighted by Crippen LogP contribution is 2.45. The Bertz CT molecular complexity index is 272. The molecule has 2 aliphatic carbocycles. The second kappa shape index (κ2) is 5.50. The molecule has 3 fully saturated rings. The summed E-state index contributed by atoms with van der Waals surface area (Å²) < 4.78 is 6.45. The van der Waals surface area contributed by atoms with Gasteiger partial charge in [0.05, 0.1) is 11.7 Å². The standard InChI is InChI=1S/C16H29NO/c17-15-7-3-1-2-6-13(15)12-14-8-11-16(18-14)9-4-5-10-16/h13-15H,1-12,17H2. The van der Waals surface area contributed by atoms with Gasteiger partial charge in [-0.1, -0.05) is 32.1 Å². The number of hydrogen-bond acceptors (Lipinski definition) is 2. The minimum Gasteiger partial charge on any atom is -0.372 e. The van der Waals surface area contributed by atoms with Crippen molar-refractivity contribution in [2.24, 2.45) is 11.7 Å². The lowest BCUT2D eigenvalue weighted by Gasteiger charge is -2.27. The third kappa shape index (κ3) is 2.75. The van der Waals surface area contributed by atoms with Crippen molar-refractivity contribution in [3.05, 3.63) is 0 Å². The predicted molar refractivity (Wildman–Crippen MR) is 74.5 cm³/mol. The van der Waals surface area contributed by atoms with Gasteiger partial charge in [-0.15, -0.1) is 0 Å². The maximum atomic E-state index is 6.45. The minimum atomic E-state index is 0.305. The van der Waals surface area contributed by atoms with E-state index in [1.54, 1.807) is 0 Å². The third-order valence-electron chi connectivity index (χ3n) is 5.64. The molecule has 1 heterocycles. The van der Waals surface area contributed by atoms with E-state index in [2.05, 4.69) is 0 Å². The Hall–Kier alpha value is -0.0800. The molecule has 2 saturated carbocycles. The van der Waals surface area contributed by atoms with E-state index in [9.17, 15) is 0 Å². The highest BCUT2D eigenvalue weighted by Gasteiger charge is 2.42. The maximum absolute atomic E-state index is 6.45. The topological polar surface area (TPSA) is 35.2 Å². The van der Waals surface area contributed by atoms with Crippen molar-refractivity contribution >= 4 is 0 Å². The van der Waals surface area contributed by atoms with Gasteiger partial charge in [0.15, 0.2) is 0 Å². The van der Waals surface area contributed by atoms with Crippen LogP contribution in [0.3, 0.4) is 0 Å². The molecule has 0 aromatic rings. The Morgan fingerprint density at radius 1 is 0.889 bits per heavy atom. The van der Waals surface area contributed by atoms with Crippen LogP contribution < -0.4 is 5.73 Å². The fraction of sp³-hybridized carbons (Fsp3) is 1.00. The van der Waals surface area contributed by atoms with Crippen LogP contribution in [-0.2, 0) is 4.74 Å². The SMILES string of the molecule is NC1CCCCCC1CC1CCC2(CCCC2)O1. The van der Waals surface area contributed by atoms with Crippen molar-refractivity contribution in [3.63, 3.8) is 0 Å². The summed E-state index contributed by atoms with van der Waals surface area (Å²) in [4.78, 5) is 0. The van der Waals surface area contributed by atoms with E-state index in [0.717, 1.165) is 5.92 Å². The van der Waals surface area contributed by atoms with E-state index < -0.39 is 0 Å². The fourth-order valence-electron chi connectivity index (χ4n) is 4.49. The zero-order valence-electron chi connectivity index (χ0n) is 11.7. The molecule has 1 saturated heterocycles. The van der Waals surface area contributed by atoms with Gasteiger partial charge in [0.25, 0.3) is 0 Å². The quantitative estimate of drug-likeness (QED) is 0.758. The van der Waals surface area contributed by atoms with Crippen LogP contribution in [0.5, 0.6) is 0 Å². The Morgan fingerprint density at radius 3 is 2.50 bits per heavy atom. The molecule has 104 valence electrons. The predicted octanol–water partition coefficient (Wildman–Crippen LogP) is 3.78. The first-order valence-electron chi connectivity index (χ1n) is 8.21. The number of ether oxygens (including phenoxy) is 1. The third-order valence-corrected chi connectivity index (χ3v) is 5.64. The largest absolute Gasteiger partial charge is 0.372 e. The summed E-state index contributed by atoms with van der Waals surface area (Å²) in [6.45, 7) is 0. The van der Waals surface area contributed by atoms with Crippen molar-refractivity contribution in [3.8, 4) is 0 Å². The Morgan fingerprint density at radius 2 is 1.67 bits per heavy atom. The molecular weight excluding hydrogens is 222 g/mol.